The Hall–Kier alpha value is -3.35. The van der Waals surface area contributed by atoms with E-state index in [1.807, 2.05) is 36.5 Å². The van der Waals surface area contributed by atoms with Crippen LogP contribution >= 0.6 is 0 Å². The zero-order valence-corrected chi connectivity index (χ0v) is 11.8. The van der Waals surface area contributed by atoms with Crippen molar-refractivity contribution in [2.75, 3.05) is 5.73 Å². The largest absolute Gasteiger partial charge is 0.399 e. The molecule has 0 aliphatic heterocycles. The van der Waals surface area contributed by atoms with E-state index in [-0.39, 0.29) is 11.5 Å². The number of nitrogens with two attached hydrogens (primary N) is 1. The van der Waals surface area contributed by atoms with Crippen molar-refractivity contribution in [3.8, 4) is 11.1 Å². The van der Waals surface area contributed by atoms with E-state index in [0.717, 1.165) is 22.0 Å². The minimum absolute atomic E-state index is 0.0791. The first-order chi connectivity index (χ1) is 11.2. The van der Waals surface area contributed by atoms with Crippen molar-refractivity contribution in [1.29, 1.82) is 0 Å². The van der Waals surface area contributed by atoms with E-state index in [1.54, 1.807) is 12.3 Å². The van der Waals surface area contributed by atoms with E-state index in [9.17, 15) is 9.32 Å². The summed E-state index contributed by atoms with van der Waals surface area (Å²) in [5.41, 5.74) is 8.75. The highest BCUT2D eigenvalue weighted by molar-refractivity contribution is 5.93. The molecule has 3 aromatic heterocycles. The van der Waals surface area contributed by atoms with Gasteiger partial charge in [-0.15, -0.1) is 0 Å². The minimum atomic E-state index is -1.17. The molecule has 0 aliphatic rings. The highest BCUT2D eigenvalue weighted by atomic mass is 19.3. The van der Waals surface area contributed by atoms with E-state index in [2.05, 4.69) is 14.9 Å². The number of rotatable bonds is 2. The fourth-order valence-corrected chi connectivity index (χ4v) is 2.70. The molecule has 0 atom stereocenters. The summed E-state index contributed by atoms with van der Waals surface area (Å²) in [5.74, 6) is -1.25. The van der Waals surface area contributed by atoms with Gasteiger partial charge < -0.3 is 10.7 Å². The standard InChI is InChI=1S/C16H11FN4O2/c17-23-16(22)14-15(18)20-13-4-3-11(8-21(13)14)10-2-1-9-5-6-19-12(9)7-10/h1-8,19H,18H2. The van der Waals surface area contributed by atoms with Crippen LogP contribution in [0.3, 0.4) is 0 Å². The number of carbonyl (C=O) groups excluding carboxylic acids is 1. The van der Waals surface area contributed by atoms with E-state index in [1.165, 1.54) is 4.40 Å². The predicted molar refractivity (Wildman–Crippen MR) is 83.4 cm³/mol. The Morgan fingerprint density at radius 2 is 2.04 bits per heavy atom. The normalized spacial score (nSPS) is 11.2. The molecule has 0 aliphatic carbocycles. The van der Waals surface area contributed by atoms with Crippen molar-refractivity contribution in [2.24, 2.45) is 0 Å². The molecule has 0 fully saturated rings. The number of aromatic amines is 1. The minimum Gasteiger partial charge on any atom is -0.382 e. The van der Waals surface area contributed by atoms with Gasteiger partial charge in [0.25, 0.3) is 0 Å². The Morgan fingerprint density at radius 3 is 2.87 bits per heavy atom. The Kier molecular flexibility index (Phi) is 2.80. The number of nitrogen functional groups attached to an aromatic ring is 1. The molecule has 0 unspecified atom stereocenters. The second-order valence-corrected chi connectivity index (χ2v) is 5.14. The average Bonchev–Trinajstić information content (AvgIpc) is 3.15. The highest BCUT2D eigenvalue weighted by Gasteiger charge is 2.20. The van der Waals surface area contributed by atoms with Crippen molar-refractivity contribution in [2.45, 2.75) is 0 Å². The Labute approximate surface area is 129 Å². The maximum absolute atomic E-state index is 12.3. The van der Waals surface area contributed by atoms with Gasteiger partial charge in [-0.1, -0.05) is 12.1 Å². The van der Waals surface area contributed by atoms with Crippen LogP contribution in [-0.2, 0) is 4.94 Å². The number of aromatic nitrogens is 3. The molecule has 0 amide bonds. The molecule has 0 saturated carbocycles. The van der Waals surface area contributed by atoms with Crippen LogP contribution in [0.2, 0.25) is 0 Å². The van der Waals surface area contributed by atoms with Gasteiger partial charge in [-0.05, 0) is 40.8 Å². The van der Waals surface area contributed by atoms with Gasteiger partial charge in [0.2, 0.25) is 0 Å². The number of nitrogens with zero attached hydrogens (tertiary/aromatic N) is 2. The molecule has 114 valence electrons. The van der Waals surface area contributed by atoms with Crippen molar-refractivity contribution in [1.82, 2.24) is 14.4 Å². The maximum Gasteiger partial charge on any atom is 0.399 e. The van der Waals surface area contributed by atoms with Crippen LogP contribution in [0.15, 0.2) is 48.8 Å². The molecule has 23 heavy (non-hydrogen) atoms. The molecule has 0 bridgehead atoms. The number of H-pyrrole nitrogens is 1. The number of nitrogens with one attached hydrogen (secondary N) is 1. The summed E-state index contributed by atoms with van der Waals surface area (Å²) in [5, 5.41) is 1.10. The molecule has 1 aromatic carbocycles. The lowest BCUT2D eigenvalue weighted by Crippen LogP contribution is -2.06. The van der Waals surface area contributed by atoms with Crippen LogP contribution in [0.1, 0.15) is 10.5 Å². The van der Waals surface area contributed by atoms with E-state index in [0.29, 0.717) is 5.65 Å². The summed E-state index contributed by atoms with van der Waals surface area (Å²) in [6, 6.07) is 11.5. The van der Waals surface area contributed by atoms with Crippen LogP contribution in [-0.4, -0.2) is 20.3 Å². The summed E-state index contributed by atoms with van der Waals surface area (Å²) in [7, 11) is 0. The van der Waals surface area contributed by atoms with Gasteiger partial charge in [0.05, 0.1) is 0 Å². The molecule has 4 aromatic rings. The molecule has 3 N–H and O–H groups in total. The number of halogens is 1. The first-order valence-electron chi connectivity index (χ1n) is 6.85. The van der Waals surface area contributed by atoms with Crippen LogP contribution in [0.5, 0.6) is 0 Å². The van der Waals surface area contributed by atoms with Gasteiger partial charge in [-0.2, -0.15) is 0 Å². The molecule has 6 nitrogen and oxygen atoms in total. The summed E-state index contributed by atoms with van der Waals surface area (Å²) in [4.78, 5) is 22.0. The first kappa shape index (κ1) is 13.3. The zero-order chi connectivity index (χ0) is 16.0. The van der Waals surface area contributed by atoms with E-state index < -0.39 is 5.97 Å². The van der Waals surface area contributed by atoms with Gasteiger partial charge in [0, 0.05) is 22.4 Å². The molecule has 4 rings (SSSR count). The SMILES string of the molecule is Nc1nc2ccc(-c3ccc4cc[nH]c4c3)cn2c1C(=O)OF. The smallest absolute Gasteiger partial charge is 0.382 e. The number of anilines is 1. The Balaban J connectivity index is 1.92. The monoisotopic (exact) mass is 310 g/mol. The lowest BCUT2D eigenvalue weighted by molar-refractivity contribution is -0.0793. The first-order valence-corrected chi connectivity index (χ1v) is 6.85. The quantitative estimate of drug-likeness (QED) is 0.595. The second-order valence-electron chi connectivity index (χ2n) is 5.14. The third kappa shape index (κ3) is 2.02. The van der Waals surface area contributed by atoms with Crippen molar-refractivity contribution in [3.63, 3.8) is 0 Å². The average molecular weight is 310 g/mol. The molecule has 7 heteroatoms. The van der Waals surface area contributed by atoms with Gasteiger partial charge in [-0.25, -0.2) is 14.7 Å². The third-order valence-corrected chi connectivity index (χ3v) is 3.80. The number of benzene rings is 1. The van der Waals surface area contributed by atoms with Crippen LogP contribution < -0.4 is 5.73 Å². The number of carbonyl (C=O) groups is 1. The molecule has 0 saturated heterocycles. The topological polar surface area (TPSA) is 85.4 Å². The van der Waals surface area contributed by atoms with Crippen molar-refractivity contribution < 1.29 is 14.3 Å². The predicted octanol–water partition coefficient (Wildman–Crippen LogP) is 3.11. The van der Waals surface area contributed by atoms with Crippen LogP contribution in [0, 0.1) is 0 Å². The summed E-state index contributed by atoms with van der Waals surface area (Å²) in [6.45, 7) is 0. The van der Waals surface area contributed by atoms with Crippen molar-refractivity contribution in [3.05, 3.63) is 54.5 Å². The Morgan fingerprint density at radius 1 is 1.22 bits per heavy atom. The second kappa shape index (κ2) is 4.84. The van der Waals surface area contributed by atoms with Gasteiger partial charge in [0.15, 0.2) is 11.5 Å². The van der Waals surface area contributed by atoms with Gasteiger partial charge in [0.1, 0.15) is 5.65 Å². The molecular weight excluding hydrogens is 299 g/mol. The number of hydrogen-bond donors (Lipinski definition) is 2. The zero-order valence-electron chi connectivity index (χ0n) is 11.8. The summed E-state index contributed by atoms with van der Waals surface area (Å²) < 4.78 is 13.7. The lowest BCUT2D eigenvalue weighted by Gasteiger charge is -2.05. The summed E-state index contributed by atoms with van der Waals surface area (Å²) in [6.07, 6.45) is 3.54. The number of hydrogen-bond acceptors (Lipinski definition) is 4. The van der Waals surface area contributed by atoms with E-state index >= 15 is 0 Å². The van der Waals surface area contributed by atoms with Crippen LogP contribution in [0.4, 0.5) is 10.3 Å². The lowest BCUT2D eigenvalue weighted by atomic mass is 10.1. The van der Waals surface area contributed by atoms with Crippen LogP contribution in [0.25, 0.3) is 27.7 Å². The van der Waals surface area contributed by atoms with E-state index in [4.69, 9.17) is 5.73 Å². The fraction of sp³-hybridized carbons (Fsp3) is 0. The molecule has 3 heterocycles. The fourth-order valence-electron chi connectivity index (χ4n) is 2.70. The van der Waals surface area contributed by atoms with Gasteiger partial charge >= 0.3 is 5.97 Å². The highest BCUT2D eigenvalue weighted by Crippen LogP contribution is 2.26. The molecular formula is C16H11FN4O2. The number of fused-ring (bicyclic) bond motifs is 2. The Bertz CT molecular complexity index is 1050. The van der Waals surface area contributed by atoms with Gasteiger partial charge in [-0.3, -0.25) is 4.40 Å². The third-order valence-electron chi connectivity index (χ3n) is 3.80. The van der Waals surface area contributed by atoms with Crippen molar-refractivity contribution >= 4 is 28.3 Å². The number of imidazole rings is 1. The summed E-state index contributed by atoms with van der Waals surface area (Å²) >= 11 is 0. The maximum atomic E-state index is 12.3. The number of pyridine rings is 1. The molecule has 0 spiro atoms. The molecule has 0 radical (unpaired) electrons.